The van der Waals surface area contributed by atoms with E-state index in [1.807, 2.05) is 31.4 Å². The van der Waals surface area contributed by atoms with E-state index >= 15 is 0 Å². The minimum absolute atomic E-state index is 0.187. The van der Waals surface area contributed by atoms with E-state index in [2.05, 4.69) is 11.1 Å². The van der Waals surface area contributed by atoms with E-state index in [0.717, 1.165) is 27.6 Å². The van der Waals surface area contributed by atoms with Crippen molar-refractivity contribution in [2.75, 3.05) is 20.3 Å². The van der Waals surface area contributed by atoms with Gasteiger partial charge in [-0.25, -0.2) is 9.37 Å². The number of halogens is 1. The first-order valence-electron chi connectivity index (χ1n) is 9.63. The Kier molecular flexibility index (Phi) is 7.54. The summed E-state index contributed by atoms with van der Waals surface area (Å²) in [7, 11) is 1.59. The second kappa shape index (κ2) is 10.3. The van der Waals surface area contributed by atoms with Crippen molar-refractivity contribution >= 4 is 17.2 Å². The first kappa shape index (κ1) is 21.9. The third-order valence-corrected chi connectivity index (χ3v) is 5.32. The number of methoxy groups -OCH3 is 1. The van der Waals surface area contributed by atoms with Crippen LogP contribution in [0.4, 0.5) is 4.39 Å². The predicted molar refractivity (Wildman–Crippen MR) is 115 cm³/mol. The maximum Gasteiger partial charge on any atom is 0.254 e. The van der Waals surface area contributed by atoms with Crippen molar-refractivity contribution in [3.8, 4) is 5.75 Å². The number of benzene rings is 2. The van der Waals surface area contributed by atoms with E-state index in [1.54, 1.807) is 12.0 Å². The summed E-state index contributed by atoms with van der Waals surface area (Å²) in [6, 6.07) is 11.6. The van der Waals surface area contributed by atoms with Crippen molar-refractivity contribution in [1.82, 2.24) is 9.88 Å². The van der Waals surface area contributed by atoms with Crippen LogP contribution in [0.3, 0.4) is 0 Å². The quantitative estimate of drug-likeness (QED) is 0.493. The summed E-state index contributed by atoms with van der Waals surface area (Å²) in [6.45, 7) is 5.61. The van der Waals surface area contributed by atoms with Gasteiger partial charge in [0.05, 0.1) is 18.8 Å². The summed E-state index contributed by atoms with van der Waals surface area (Å²) in [5, 5.41) is 2.77. The highest BCUT2D eigenvalue weighted by Gasteiger charge is 2.17. The largest absolute Gasteiger partial charge is 0.486 e. The third-order valence-electron chi connectivity index (χ3n) is 4.45. The van der Waals surface area contributed by atoms with Crippen LogP contribution in [0, 0.1) is 19.7 Å². The molecule has 0 N–H and O–H groups in total. The van der Waals surface area contributed by atoms with Crippen LogP contribution in [0.5, 0.6) is 5.75 Å². The zero-order chi connectivity index (χ0) is 21.5. The minimum atomic E-state index is -0.372. The molecule has 7 heteroatoms. The van der Waals surface area contributed by atoms with Crippen LogP contribution in [0.15, 0.2) is 47.8 Å². The zero-order valence-electron chi connectivity index (χ0n) is 17.4. The number of hydrogen-bond donors (Lipinski definition) is 0. The summed E-state index contributed by atoms with van der Waals surface area (Å²) < 4.78 is 24.2. The van der Waals surface area contributed by atoms with Crippen LogP contribution in [-0.4, -0.2) is 36.1 Å². The van der Waals surface area contributed by atoms with Crippen LogP contribution in [0.2, 0.25) is 0 Å². The number of aryl methyl sites for hydroxylation is 2. The molecule has 3 aromatic rings. The number of carbonyl (C=O) groups excluding carboxylic acids is 1. The Labute approximate surface area is 180 Å². The van der Waals surface area contributed by atoms with Gasteiger partial charge >= 0.3 is 0 Å². The first-order chi connectivity index (χ1) is 14.4. The van der Waals surface area contributed by atoms with Gasteiger partial charge in [0, 0.05) is 24.6 Å². The molecule has 0 atom stereocenters. The fourth-order valence-corrected chi connectivity index (χ4v) is 3.77. The van der Waals surface area contributed by atoms with Crippen molar-refractivity contribution in [1.29, 1.82) is 0 Å². The minimum Gasteiger partial charge on any atom is -0.486 e. The third kappa shape index (κ3) is 6.11. The number of aromatic nitrogens is 1. The van der Waals surface area contributed by atoms with Crippen molar-refractivity contribution in [3.63, 3.8) is 0 Å². The highest BCUT2D eigenvalue weighted by molar-refractivity contribution is 7.09. The molecule has 0 fully saturated rings. The summed E-state index contributed by atoms with van der Waals surface area (Å²) >= 11 is 1.50. The van der Waals surface area contributed by atoms with E-state index in [0.29, 0.717) is 31.9 Å². The lowest BCUT2D eigenvalue weighted by atomic mass is 10.1. The van der Waals surface area contributed by atoms with Gasteiger partial charge in [0.25, 0.3) is 5.91 Å². The lowest BCUT2D eigenvalue weighted by Crippen LogP contribution is -2.33. The number of amides is 1. The molecule has 0 radical (unpaired) electrons. The maximum atomic E-state index is 13.2. The summed E-state index contributed by atoms with van der Waals surface area (Å²) in [5.41, 5.74) is 3.52. The van der Waals surface area contributed by atoms with Crippen molar-refractivity contribution in [2.24, 2.45) is 0 Å². The Balaban J connectivity index is 1.65. The average molecular weight is 429 g/mol. The van der Waals surface area contributed by atoms with Gasteiger partial charge in [-0.1, -0.05) is 6.07 Å². The molecule has 0 saturated carbocycles. The van der Waals surface area contributed by atoms with Crippen LogP contribution in [-0.2, 0) is 17.9 Å². The molecule has 0 saturated heterocycles. The predicted octanol–water partition coefficient (Wildman–Crippen LogP) is 4.77. The topological polar surface area (TPSA) is 51.7 Å². The molecule has 0 aliphatic carbocycles. The van der Waals surface area contributed by atoms with Gasteiger partial charge in [0.2, 0.25) is 0 Å². The highest BCUT2D eigenvalue weighted by Crippen LogP contribution is 2.20. The molecule has 158 valence electrons. The molecule has 0 bridgehead atoms. The Morgan fingerprint density at radius 2 is 1.83 bits per heavy atom. The standard InChI is InChI=1S/C23H25FN2O3S/c1-16-10-17(2)12-21(11-16)29-14-22-25-20(15-30-22)13-26(8-9-28-3)23(27)18-4-6-19(24)7-5-18/h4-7,10-12,15H,8-9,13-14H2,1-3H3. The Bertz CT molecular complexity index is 968. The number of carbonyl (C=O) groups is 1. The lowest BCUT2D eigenvalue weighted by molar-refractivity contribution is 0.0678. The SMILES string of the molecule is COCCN(Cc1csc(COc2cc(C)cc(C)c2)n1)C(=O)c1ccc(F)cc1. The number of hydrogen-bond acceptors (Lipinski definition) is 5. The maximum absolute atomic E-state index is 13.2. The first-order valence-corrected chi connectivity index (χ1v) is 10.5. The Morgan fingerprint density at radius 1 is 1.13 bits per heavy atom. The Morgan fingerprint density at radius 3 is 2.50 bits per heavy atom. The molecular weight excluding hydrogens is 403 g/mol. The summed E-state index contributed by atoms with van der Waals surface area (Å²) in [4.78, 5) is 19.1. The van der Waals surface area contributed by atoms with Crippen molar-refractivity contribution < 1.29 is 18.7 Å². The normalized spacial score (nSPS) is 10.8. The van der Waals surface area contributed by atoms with E-state index in [1.165, 1.54) is 35.6 Å². The fourth-order valence-electron chi connectivity index (χ4n) is 3.07. The monoisotopic (exact) mass is 428 g/mol. The highest BCUT2D eigenvalue weighted by atomic mass is 32.1. The van der Waals surface area contributed by atoms with Crippen LogP contribution < -0.4 is 4.74 Å². The van der Waals surface area contributed by atoms with Crippen molar-refractivity contribution in [3.05, 3.63) is 81.1 Å². The van der Waals surface area contributed by atoms with Crippen LogP contribution in [0.1, 0.15) is 32.2 Å². The van der Waals surface area contributed by atoms with Crippen molar-refractivity contribution in [2.45, 2.75) is 27.0 Å². The smallest absolute Gasteiger partial charge is 0.254 e. The Hall–Kier alpha value is -2.77. The van der Waals surface area contributed by atoms with Gasteiger partial charge in [-0.2, -0.15) is 0 Å². The van der Waals surface area contributed by atoms with E-state index in [4.69, 9.17) is 9.47 Å². The molecule has 0 aliphatic rings. The van der Waals surface area contributed by atoms with Gasteiger partial charge < -0.3 is 14.4 Å². The fraction of sp³-hybridized carbons (Fsp3) is 0.304. The number of rotatable bonds is 9. The van der Waals surface area contributed by atoms with E-state index in [9.17, 15) is 9.18 Å². The molecule has 1 aromatic heterocycles. The van der Waals surface area contributed by atoms with Gasteiger partial charge in [-0.3, -0.25) is 4.79 Å². The van der Waals surface area contributed by atoms with Gasteiger partial charge in [-0.15, -0.1) is 11.3 Å². The number of nitrogens with zero attached hydrogens (tertiary/aromatic N) is 2. The molecule has 0 unspecified atom stereocenters. The number of thiazole rings is 1. The summed E-state index contributed by atoms with van der Waals surface area (Å²) in [6.07, 6.45) is 0. The molecular formula is C23H25FN2O3S. The number of ether oxygens (including phenoxy) is 2. The molecule has 3 rings (SSSR count). The zero-order valence-corrected chi connectivity index (χ0v) is 18.2. The average Bonchev–Trinajstić information content (AvgIpc) is 3.16. The van der Waals surface area contributed by atoms with Gasteiger partial charge in [0.15, 0.2) is 0 Å². The molecule has 2 aromatic carbocycles. The second-order valence-corrected chi connectivity index (χ2v) is 8.01. The molecule has 30 heavy (non-hydrogen) atoms. The molecule has 5 nitrogen and oxygen atoms in total. The van der Waals surface area contributed by atoms with Crippen LogP contribution >= 0.6 is 11.3 Å². The summed E-state index contributed by atoms with van der Waals surface area (Å²) in [5.74, 6) is 0.258. The van der Waals surface area contributed by atoms with E-state index < -0.39 is 0 Å². The van der Waals surface area contributed by atoms with Crippen LogP contribution in [0.25, 0.3) is 0 Å². The molecule has 0 aliphatic heterocycles. The molecule has 0 spiro atoms. The van der Waals surface area contributed by atoms with E-state index in [-0.39, 0.29) is 11.7 Å². The van der Waals surface area contributed by atoms with Gasteiger partial charge in [0.1, 0.15) is 23.2 Å². The van der Waals surface area contributed by atoms with Gasteiger partial charge in [-0.05, 0) is 61.4 Å². The molecule has 1 heterocycles. The second-order valence-electron chi connectivity index (χ2n) is 7.07. The lowest BCUT2D eigenvalue weighted by Gasteiger charge is -2.21. The molecule has 1 amide bonds.